The van der Waals surface area contributed by atoms with Gasteiger partial charge in [-0.2, -0.15) is 0 Å². The fraction of sp³-hybridized carbons (Fsp3) is 0.179. The Kier molecular flexibility index (Phi) is 5.82. The Bertz CT molecular complexity index is 1470. The Hall–Kier alpha value is -4.39. The van der Waals surface area contributed by atoms with Crippen LogP contribution in [0.5, 0.6) is 23.0 Å². The van der Waals surface area contributed by atoms with Crippen LogP contribution < -0.4 is 24.3 Å². The van der Waals surface area contributed by atoms with Gasteiger partial charge in [0.15, 0.2) is 11.5 Å². The lowest BCUT2D eigenvalue weighted by atomic mass is 9.96. The highest BCUT2D eigenvalue weighted by Gasteiger charge is 2.20. The first kappa shape index (κ1) is 22.4. The summed E-state index contributed by atoms with van der Waals surface area (Å²) in [6.07, 6.45) is 3.28. The van der Waals surface area contributed by atoms with Crippen LogP contribution >= 0.6 is 0 Å². The molecule has 7 nitrogen and oxygen atoms in total. The van der Waals surface area contributed by atoms with E-state index in [1.54, 1.807) is 44.8 Å². The summed E-state index contributed by atoms with van der Waals surface area (Å²) in [6, 6.07) is 15.1. The molecule has 0 saturated carbocycles. The molecule has 0 aliphatic carbocycles. The number of nitrogens with one attached hydrogen (secondary N) is 1. The number of fused-ring (bicyclic) bond motifs is 2. The smallest absolute Gasteiger partial charge is 0.248 e. The molecule has 0 bridgehead atoms. The van der Waals surface area contributed by atoms with Gasteiger partial charge in [0.05, 0.1) is 20.5 Å². The Morgan fingerprint density at radius 1 is 1.00 bits per heavy atom. The zero-order valence-corrected chi connectivity index (χ0v) is 19.9. The lowest BCUT2D eigenvalue weighted by Gasteiger charge is -2.14. The molecule has 1 amide bonds. The molecule has 1 aliphatic rings. The van der Waals surface area contributed by atoms with Crippen molar-refractivity contribution in [3.05, 3.63) is 72.0 Å². The second kappa shape index (κ2) is 9.10. The number of methoxy groups -OCH3 is 2. The molecule has 0 unspecified atom stereocenters. The van der Waals surface area contributed by atoms with Gasteiger partial charge in [-0.3, -0.25) is 4.79 Å². The number of carbonyl (C=O) groups excluding carboxylic acids is 1. The van der Waals surface area contributed by atoms with Crippen LogP contribution in [0.15, 0.2) is 65.3 Å². The highest BCUT2D eigenvalue weighted by Crippen LogP contribution is 2.42. The van der Waals surface area contributed by atoms with E-state index in [-0.39, 0.29) is 12.7 Å². The second-order valence-electron chi connectivity index (χ2n) is 8.19. The van der Waals surface area contributed by atoms with Crippen molar-refractivity contribution in [3.8, 4) is 34.1 Å². The number of ether oxygens (including phenoxy) is 4. The number of anilines is 1. The van der Waals surface area contributed by atoms with Crippen molar-refractivity contribution in [2.75, 3.05) is 26.3 Å². The van der Waals surface area contributed by atoms with Gasteiger partial charge < -0.3 is 28.7 Å². The van der Waals surface area contributed by atoms with Crippen molar-refractivity contribution in [2.45, 2.75) is 13.8 Å². The van der Waals surface area contributed by atoms with E-state index >= 15 is 0 Å². The molecule has 0 spiro atoms. The minimum Gasteiger partial charge on any atom is -0.496 e. The van der Waals surface area contributed by atoms with E-state index in [0.29, 0.717) is 22.9 Å². The van der Waals surface area contributed by atoms with Gasteiger partial charge in [0.2, 0.25) is 12.7 Å². The quantitative estimate of drug-likeness (QED) is 0.338. The van der Waals surface area contributed by atoms with Crippen LogP contribution in [-0.4, -0.2) is 26.9 Å². The summed E-state index contributed by atoms with van der Waals surface area (Å²) in [7, 11) is 3.26. The van der Waals surface area contributed by atoms with Gasteiger partial charge in [-0.1, -0.05) is 18.2 Å². The van der Waals surface area contributed by atoms with Crippen molar-refractivity contribution in [3.63, 3.8) is 0 Å². The summed E-state index contributed by atoms with van der Waals surface area (Å²) in [5, 5.41) is 3.79. The summed E-state index contributed by atoms with van der Waals surface area (Å²) < 4.78 is 28.0. The van der Waals surface area contributed by atoms with Crippen LogP contribution in [0.2, 0.25) is 0 Å². The maximum atomic E-state index is 12.8. The molecule has 5 rings (SSSR count). The van der Waals surface area contributed by atoms with Crippen LogP contribution in [0.3, 0.4) is 0 Å². The third-order valence-electron chi connectivity index (χ3n) is 6.06. The van der Waals surface area contributed by atoms with Crippen LogP contribution in [0.1, 0.15) is 18.1 Å². The van der Waals surface area contributed by atoms with E-state index in [2.05, 4.69) is 5.32 Å². The number of aryl methyl sites for hydroxylation is 1. The molecular formula is C28H25NO6. The minimum atomic E-state index is -0.265. The molecule has 0 atom stereocenters. The Morgan fingerprint density at radius 2 is 1.80 bits per heavy atom. The third kappa shape index (κ3) is 4.05. The fourth-order valence-corrected chi connectivity index (χ4v) is 4.37. The average Bonchev–Trinajstić information content (AvgIpc) is 3.50. The monoisotopic (exact) mass is 471 g/mol. The van der Waals surface area contributed by atoms with Crippen molar-refractivity contribution in [1.29, 1.82) is 0 Å². The first-order valence-corrected chi connectivity index (χ1v) is 11.1. The molecule has 7 heteroatoms. The van der Waals surface area contributed by atoms with Crippen molar-refractivity contribution >= 4 is 28.1 Å². The zero-order valence-electron chi connectivity index (χ0n) is 19.9. The van der Waals surface area contributed by atoms with Crippen molar-refractivity contribution < 1.29 is 28.2 Å². The standard InChI is InChI=1S/C28H25NO6/c1-16(11-26(30)29-18-9-10-24-25(12-18)35-15-34-24)20-13-21-22(19-7-5-6-8-23(19)31-3)14-33-28(21)17(2)27(20)32-4/h5-14H,15H2,1-4H3,(H,29,30)/b16-11+. The molecule has 0 fully saturated rings. The van der Waals surface area contributed by atoms with E-state index in [1.807, 2.05) is 44.2 Å². The minimum absolute atomic E-state index is 0.179. The maximum absolute atomic E-state index is 12.8. The lowest BCUT2D eigenvalue weighted by Crippen LogP contribution is -2.08. The summed E-state index contributed by atoms with van der Waals surface area (Å²) in [5.41, 5.74) is 5.58. The van der Waals surface area contributed by atoms with Gasteiger partial charge in [0.25, 0.3) is 0 Å². The maximum Gasteiger partial charge on any atom is 0.248 e. The lowest BCUT2D eigenvalue weighted by molar-refractivity contribution is -0.111. The number of furan rings is 1. The SMILES string of the molecule is COc1ccccc1-c1coc2c(C)c(OC)c(/C(C)=C/C(=O)Nc3ccc4c(c3)OCO4)cc12. The number of rotatable bonds is 6. The predicted octanol–water partition coefficient (Wildman–Crippen LogP) is 6.20. The molecule has 1 aliphatic heterocycles. The Labute approximate surface area is 202 Å². The van der Waals surface area contributed by atoms with Gasteiger partial charge in [0.1, 0.15) is 17.1 Å². The van der Waals surface area contributed by atoms with Gasteiger partial charge in [-0.25, -0.2) is 0 Å². The van der Waals surface area contributed by atoms with Gasteiger partial charge in [-0.05, 0) is 43.7 Å². The van der Waals surface area contributed by atoms with E-state index in [0.717, 1.165) is 44.5 Å². The number of hydrogen-bond donors (Lipinski definition) is 1. The summed E-state index contributed by atoms with van der Waals surface area (Å²) >= 11 is 0. The summed E-state index contributed by atoms with van der Waals surface area (Å²) in [4.78, 5) is 12.8. The normalized spacial score (nSPS) is 12.6. The zero-order chi connectivity index (χ0) is 24.5. The second-order valence-corrected chi connectivity index (χ2v) is 8.19. The van der Waals surface area contributed by atoms with Crippen LogP contribution in [0.4, 0.5) is 5.69 Å². The molecule has 3 aromatic carbocycles. The summed E-state index contributed by atoms with van der Waals surface area (Å²) in [6.45, 7) is 4.00. The topological polar surface area (TPSA) is 79.2 Å². The molecule has 2 heterocycles. The molecule has 0 saturated heterocycles. The number of benzene rings is 3. The number of allylic oxidation sites excluding steroid dienone is 1. The van der Waals surface area contributed by atoms with E-state index in [9.17, 15) is 4.79 Å². The molecule has 178 valence electrons. The van der Waals surface area contributed by atoms with Crippen LogP contribution in [-0.2, 0) is 4.79 Å². The molecule has 1 aromatic heterocycles. The Balaban J connectivity index is 1.53. The van der Waals surface area contributed by atoms with Gasteiger partial charge >= 0.3 is 0 Å². The number of hydrogen-bond acceptors (Lipinski definition) is 6. The molecule has 1 N–H and O–H groups in total. The van der Waals surface area contributed by atoms with Crippen LogP contribution in [0, 0.1) is 6.92 Å². The molecular weight excluding hydrogens is 446 g/mol. The summed E-state index contributed by atoms with van der Waals surface area (Å²) in [5.74, 6) is 2.41. The highest BCUT2D eigenvalue weighted by atomic mass is 16.7. The van der Waals surface area contributed by atoms with Crippen LogP contribution in [0.25, 0.3) is 27.7 Å². The van der Waals surface area contributed by atoms with Crippen molar-refractivity contribution in [2.24, 2.45) is 0 Å². The number of amides is 1. The van der Waals surface area contributed by atoms with Gasteiger partial charge in [-0.15, -0.1) is 0 Å². The number of para-hydroxylation sites is 1. The third-order valence-corrected chi connectivity index (χ3v) is 6.06. The number of carbonyl (C=O) groups is 1. The van der Waals surface area contributed by atoms with Gasteiger partial charge in [0, 0.05) is 45.5 Å². The first-order chi connectivity index (χ1) is 17.0. The van der Waals surface area contributed by atoms with E-state index < -0.39 is 0 Å². The first-order valence-electron chi connectivity index (χ1n) is 11.1. The molecule has 4 aromatic rings. The Morgan fingerprint density at radius 3 is 2.60 bits per heavy atom. The molecule has 0 radical (unpaired) electrons. The van der Waals surface area contributed by atoms with E-state index in [4.69, 9.17) is 23.4 Å². The highest BCUT2D eigenvalue weighted by molar-refractivity contribution is 6.06. The average molecular weight is 472 g/mol. The fourth-order valence-electron chi connectivity index (χ4n) is 4.37. The van der Waals surface area contributed by atoms with E-state index in [1.165, 1.54) is 0 Å². The largest absolute Gasteiger partial charge is 0.496 e. The predicted molar refractivity (Wildman–Crippen MR) is 134 cm³/mol. The molecule has 35 heavy (non-hydrogen) atoms. The van der Waals surface area contributed by atoms with Crippen molar-refractivity contribution in [1.82, 2.24) is 0 Å².